The van der Waals surface area contributed by atoms with Crippen LogP contribution in [-0.4, -0.2) is 18.9 Å². The number of carbonyl (C=O) groups is 2. The molecule has 0 heterocycles. The van der Waals surface area contributed by atoms with Gasteiger partial charge in [0, 0.05) is 12.3 Å². The molecule has 0 aromatic carbocycles. The molecule has 0 rings (SSSR count). The third kappa shape index (κ3) is 7.43. The number of ketones is 1. The van der Waals surface area contributed by atoms with Crippen LogP contribution in [0.25, 0.3) is 0 Å². The molecule has 0 fully saturated rings. The van der Waals surface area contributed by atoms with Crippen LogP contribution in [0.5, 0.6) is 0 Å². The average molecular weight is 228 g/mol. The second-order valence-electron chi connectivity index (χ2n) is 4.27. The highest BCUT2D eigenvalue weighted by Gasteiger charge is 2.15. The third-order valence-corrected chi connectivity index (χ3v) is 2.91. The summed E-state index contributed by atoms with van der Waals surface area (Å²) in [5, 5.41) is 0. The van der Waals surface area contributed by atoms with Crippen molar-refractivity contribution in [2.45, 2.75) is 58.8 Å². The zero-order chi connectivity index (χ0) is 12.4. The average Bonchev–Trinajstić information content (AvgIpc) is 2.27. The smallest absolute Gasteiger partial charge is 0.305 e. The summed E-state index contributed by atoms with van der Waals surface area (Å²) in [6.45, 7) is 3.78. The van der Waals surface area contributed by atoms with Crippen LogP contribution in [0.4, 0.5) is 0 Å². The summed E-state index contributed by atoms with van der Waals surface area (Å²) in [5.41, 5.74) is 0. The predicted octanol–water partition coefficient (Wildman–Crippen LogP) is 3.12. The fourth-order valence-electron chi connectivity index (χ4n) is 1.76. The van der Waals surface area contributed by atoms with Crippen molar-refractivity contribution in [3.63, 3.8) is 0 Å². The molecule has 0 N–H and O–H groups in total. The highest BCUT2D eigenvalue weighted by molar-refractivity contribution is 5.79. The molecular weight excluding hydrogens is 204 g/mol. The molecule has 3 heteroatoms. The number of carbonyl (C=O) groups excluding carboxylic acids is 2. The van der Waals surface area contributed by atoms with E-state index in [1.807, 2.05) is 0 Å². The van der Waals surface area contributed by atoms with Crippen molar-refractivity contribution in [3.8, 4) is 0 Å². The minimum absolute atomic E-state index is 0.0379. The first-order valence-electron chi connectivity index (χ1n) is 6.19. The number of hydrogen-bond acceptors (Lipinski definition) is 3. The monoisotopic (exact) mass is 228 g/mol. The van der Waals surface area contributed by atoms with Gasteiger partial charge in [-0.2, -0.15) is 0 Å². The fourth-order valence-corrected chi connectivity index (χ4v) is 1.76. The Hall–Kier alpha value is -0.860. The van der Waals surface area contributed by atoms with E-state index in [1.165, 1.54) is 26.4 Å². The first-order chi connectivity index (χ1) is 7.61. The van der Waals surface area contributed by atoms with Gasteiger partial charge < -0.3 is 4.74 Å². The molecule has 3 nitrogen and oxygen atoms in total. The summed E-state index contributed by atoms with van der Waals surface area (Å²) >= 11 is 0. The molecule has 0 aromatic heterocycles. The maximum absolute atomic E-state index is 11.4. The van der Waals surface area contributed by atoms with Crippen molar-refractivity contribution in [2.75, 3.05) is 7.11 Å². The van der Waals surface area contributed by atoms with E-state index in [2.05, 4.69) is 11.7 Å². The molecule has 0 aliphatic heterocycles. The van der Waals surface area contributed by atoms with Crippen LogP contribution < -0.4 is 0 Å². The van der Waals surface area contributed by atoms with Gasteiger partial charge in [-0.05, 0) is 19.8 Å². The Labute approximate surface area is 98.6 Å². The Bertz CT molecular complexity index is 211. The quantitative estimate of drug-likeness (QED) is 0.450. The molecule has 94 valence electrons. The normalized spacial score (nSPS) is 12.2. The Morgan fingerprint density at radius 3 is 2.31 bits per heavy atom. The molecule has 0 bridgehead atoms. The van der Waals surface area contributed by atoms with E-state index in [0.717, 1.165) is 12.8 Å². The van der Waals surface area contributed by atoms with E-state index >= 15 is 0 Å². The van der Waals surface area contributed by atoms with Crippen LogP contribution in [0.15, 0.2) is 0 Å². The molecule has 0 aliphatic rings. The number of Topliss-reactive ketones (excluding diaryl/α,β-unsaturated/α-hetero) is 1. The van der Waals surface area contributed by atoms with E-state index in [9.17, 15) is 9.59 Å². The molecule has 16 heavy (non-hydrogen) atoms. The maximum Gasteiger partial charge on any atom is 0.305 e. The first kappa shape index (κ1) is 15.1. The molecular formula is C13H24O3. The number of rotatable bonds is 9. The van der Waals surface area contributed by atoms with Gasteiger partial charge in [0.05, 0.1) is 7.11 Å². The van der Waals surface area contributed by atoms with Crippen LogP contribution in [0, 0.1) is 5.92 Å². The van der Waals surface area contributed by atoms with Crippen LogP contribution in [0.2, 0.25) is 0 Å². The minimum atomic E-state index is -0.222. The highest BCUT2D eigenvalue weighted by Crippen LogP contribution is 2.17. The van der Waals surface area contributed by atoms with Crippen LogP contribution in [0.3, 0.4) is 0 Å². The van der Waals surface area contributed by atoms with Gasteiger partial charge in [0.1, 0.15) is 5.78 Å². The summed E-state index contributed by atoms with van der Waals surface area (Å²) < 4.78 is 4.57. The SMILES string of the molecule is CCCCCCC(CCC(=O)OC)C(C)=O. The number of esters is 1. The summed E-state index contributed by atoms with van der Waals surface area (Å²) in [5.74, 6) is 0.0103. The molecule has 0 aromatic rings. The number of hydrogen-bond donors (Lipinski definition) is 0. The van der Waals surface area contributed by atoms with E-state index < -0.39 is 0 Å². The molecule has 1 atom stereocenters. The lowest BCUT2D eigenvalue weighted by Crippen LogP contribution is -2.13. The maximum atomic E-state index is 11.4. The Morgan fingerprint density at radius 1 is 1.12 bits per heavy atom. The van der Waals surface area contributed by atoms with E-state index in [0.29, 0.717) is 12.8 Å². The topological polar surface area (TPSA) is 43.4 Å². The Morgan fingerprint density at radius 2 is 1.81 bits per heavy atom. The second-order valence-corrected chi connectivity index (χ2v) is 4.27. The lowest BCUT2D eigenvalue weighted by molar-refractivity contribution is -0.141. The highest BCUT2D eigenvalue weighted by atomic mass is 16.5. The van der Waals surface area contributed by atoms with Crippen molar-refractivity contribution in [1.29, 1.82) is 0 Å². The Balaban J connectivity index is 3.80. The van der Waals surface area contributed by atoms with Gasteiger partial charge in [0.15, 0.2) is 0 Å². The first-order valence-corrected chi connectivity index (χ1v) is 6.19. The molecule has 0 spiro atoms. The number of methoxy groups -OCH3 is 1. The summed E-state index contributed by atoms with van der Waals surface area (Å²) in [4.78, 5) is 22.3. The fraction of sp³-hybridized carbons (Fsp3) is 0.846. The van der Waals surface area contributed by atoms with Gasteiger partial charge in [-0.25, -0.2) is 0 Å². The van der Waals surface area contributed by atoms with Crippen LogP contribution >= 0.6 is 0 Å². The van der Waals surface area contributed by atoms with Crippen molar-refractivity contribution < 1.29 is 14.3 Å². The largest absolute Gasteiger partial charge is 0.469 e. The third-order valence-electron chi connectivity index (χ3n) is 2.91. The van der Waals surface area contributed by atoms with Crippen molar-refractivity contribution in [2.24, 2.45) is 5.92 Å². The molecule has 0 amide bonds. The molecule has 1 unspecified atom stereocenters. The lowest BCUT2D eigenvalue weighted by atomic mass is 9.93. The lowest BCUT2D eigenvalue weighted by Gasteiger charge is -2.12. The van der Waals surface area contributed by atoms with Crippen LogP contribution in [-0.2, 0) is 14.3 Å². The van der Waals surface area contributed by atoms with Crippen LogP contribution in [0.1, 0.15) is 58.8 Å². The van der Waals surface area contributed by atoms with E-state index in [4.69, 9.17) is 0 Å². The summed E-state index contributed by atoms with van der Waals surface area (Å²) in [6.07, 6.45) is 6.58. The zero-order valence-corrected chi connectivity index (χ0v) is 10.8. The van der Waals surface area contributed by atoms with E-state index in [-0.39, 0.29) is 17.7 Å². The number of ether oxygens (including phenoxy) is 1. The zero-order valence-electron chi connectivity index (χ0n) is 10.8. The minimum Gasteiger partial charge on any atom is -0.469 e. The van der Waals surface area contributed by atoms with Crippen molar-refractivity contribution >= 4 is 11.8 Å². The summed E-state index contributed by atoms with van der Waals surface area (Å²) in [6, 6.07) is 0. The standard InChI is InChI=1S/C13H24O3/c1-4-5-6-7-8-12(11(2)14)9-10-13(15)16-3/h12H,4-10H2,1-3H3. The van der Waals surface area contributed by atoms with Gasteiger partial charge in [0.25, 0.3) is 0 Å². The Kier molecular flexibility index (Phi) is 8.87. The molecule has 0 saturated heterocycles. The van der Waals surface area contributed by atoms with Crippen molar-refractivity contribution in [3.05, 3.63) is 0 Å². The molecule has 0 aliphatic carbocycles. The van der Waals surface area contributed by atoms with Gasteiger partial charge in [-0.1, -0.05) is 32.6 Å². The van der Waals surface area contributed by atoms with Crippen molar-refractivity contribution in [1.82, 2.24) is 0 Å². The second kappa shape index (κ2) is 9.37. The number of unbranched alkanes of at least 4 members (excludes halogenated alkanes) is 3. The van der Waals surface area contributed by atoms with Gasteiger partial charge in [-0.15, -0.1) is 0 Å². The summed E-state index contributed by atoms with van der Waals surface area (Å²) in [7, 11) is 1.38. The van der Waals surface area contributed by atoms with Gasteiger partial charge in [-0.3, -0.25) is 9.59 Å². The van der Waals surface area contributed by atoms with Gasteiger partial charge in [0.2, 0.25) is 0 Å². The van der Waals surface area contributed by atoms with E-state index in [1.54, 1.807) is 6.92 Å². The molecule has 0 radical (unpaired) electrons. The predicted molar refractivity (Wildman–Crippen MR) is 64.2 cm³/mol. The van der Waals surface area contributed by atoms with Gasteiger partial charge >= 0.3 is 5.97 Å². The molecule has 0 saturated carbocycles.